The minimum atomic E-state index is 0.109. The molecule has 0 fully saturated rings. The van der Waals surface area contributed by atoms with Gasteiger partial charge in [-0.05, 0) is 42.6 Å². The lowest BCUT2D eigenvalue weighted by atomic mass is 9.76. The Kier molecular flexibility index (Phi) is 3.90. The lowest BCUT2D eigenvalue weighted by molar-refractivity contribution is 0.531. The van der Waals surface area contributed by atoms with Crippen molar-refractivity contribution in [1.82, 2.24) is 0 Å². The second kappa shape index (κ2) is 5.44. The van der Waals surface area contributed by atoms with Gasteiger partial charge in [0.1, 0.15) is 0 Å². The predicted molar refractivity (Wildman–Crippen MR) is 84.9 cm³/mol. The molecule has 0 heterocycles. The van der Waals surface area contributed by atoms with E-state index in [-0.39, 0.29) is 5.41 Å². The topological polar surface area (TPSA) is 0 Å². The van der Waals surface area contributed by atoms with E-state index in [0.717, 1.165) is 6.42 Å². The molecule has 0 heteroatoms. The third kappa shape index (κ3) is 2.35. The first-order valence-corrected chi connectivity index (χ1v) is 6.88. The van der Waals surface area contributed by atoms with Crippen LogP contribution in [-0.4, -0.2) is 0 Å². The molecule has 0 saturated carbocycles. The average molecular weight is 250 g/mol. The lowest BCUT2D eigenvalue weighted by Crippen LogP contribution is -2.16. The standard InChI is InChI=1S/C19H22/c1-5-9-16-14-17(10-6-2)19(4)12-8-11-18(19)13-15(16)7-3/h5-11,13-14H,1,12H2,2-4H3/b10-6+,15-7-,16-9-. The second-order valence-electron chi connectivity index (χ2n) is 5.24. The fourth-order valence-corrected chi connectivity index (χ4v) is 2.81. The summed E-state index contributed by atoms with van der Waals surface area (Å²) < 4.78 is 0. The number of hydrogen-bond acceptors (Lipinski definition) is 0. The van der Waals surface area contributed by atoms with E-state index in [2.05, 4.69) is 76.0 Å². The SMILES string of the molecule is C=C/C=C1C=C(/C=C/C)C2(C)CC=CC2=CC/1=C/C. The van der Waals surface area contributed by atoms with Crippen molar-refractivity contribution in [3.8, 4) is 0 Å². The summed E-state index contributed by atoms with van der Waals surface area (Å²) in [5.41, 5.74) is 5.39. The van der Waals surface area contributed by atoms with Crippen molar-refractivity contribution < 1.29 is 0 Å². The van der Waals surface area contributed by atoms with Crippen molar-refractivity contribution in [2.45, 2.75) is 27.2 Å². The summed E-state index contributed by atoms with van der Waals surface area (Å²) in [5.74, 6) is 0. The third-order valence-electron chi connectivity index (χ3n) is 4.01. The molecule has 1 atom stereocenters. The maximum atomic E-state index is 3.83. The summed E-state index contributed by atoms with van der Waals surface area (Å²) in [6.07, 6.45) is 20.7. The van der Waals surface area contributed by atoms with E-state index in [9.17, 15) is 0 Å². The molecule has 0 radical (unpaired) electrons. The van der Waals surface area contributed by atoms with Gasteiger partial charge in [0.15, 0.2) is 0 Å². The highest BCUT2D eigenvalue weighted by molar-refractivity contribution is 5.60. The zero-order valence-electron chi connectivity index (χ0n) is 12.1. The quantitative estimate of drug-likeness (QED) is 0.611. The van der Waals surface area contributed by atoms with Crippen LogP contribution in [-0.2, 0) is 0 Å². The molecule has 2 rings (SSSR count). The summed E-state index contributed by atoms with van der Waals surface area (Å²) >= 11 is 0. The molecule has 0 aromatic heterocycles. The monoisotopic (exact) mass is 250 g/mol. The van der Waals surface area contributed by atoms with Crippen LogP contribution in [0.5, 0.6) is 0 Å². The average Bonchev–Trinajstić information content (AvgIpc) is 2.72. The molecule has 0 aliphatic heterocycles. The first-order valence-electron chi connectivity index (χ1n) is 6.88. The van der Waals surface area contributed by atoms with Crippen LogP contribution in [0.15, 0.2) is 83.6 Å². The fourth-order valence-electron chi connectivity index (χ4n) is 2.81. The number of allylic oxidation sites excluding steroid dienone is 13. The van der Waals surface area contributed by atoms with E-state index in [1.807, 2.05) is 6.08 Å². The van der Waals surface area contributed by atoms with Gasteiger partial charge in [-0.15, -0.1) is 0 Å². The van der Waals surface area contributed by atoms with Crippen molar-refractivity contribution in [3.05, 3.63) is 83.6 Å². The summed E-state index contributed by atoms with van der Waals surface area (Å²) in [6, 6.07) is 0. The van der Waals surface area contributed by atoms with Crippen LogP contribution in [0.25, 0.3) is 0 Å². The van der Waals surface area contributed by atoms with Crippen LogP contribution in [0, 0.1) is 5.41 Å². The maximum Gasteiger partial charge on any atom is 0.0209 e. The predicted octanol–water partition coefficient (Wildman–Crippen LogP) is 5.45. The van der Waals surface area contributed by atoms with Gasteiger partial charge in [-0.3, -0.25) is 0 Å². The maximum absolute atomic E-state index is 3.83. The zero-order chi connectivity index (χ0) is 13.9. The van der Waals surface area contributed by atoms with Crippen LogP contribution < -0.4 is 0 Å². The Labute approximate surface area is 116 Å². The van der Waals surface area contributed by atoms with Gasteiger partial charge in [-0.1, -0.05) is 68.2 Å². The smallest absolute Gasteiger partial charge is 0.0209 e. The fraction of sp³-hybridized carbons (Fsp3) is 0.263. The van der Waals surface area contributed by atoms with E-state index < -0.39 is 0 Å². The van der Waals surface area contributed by atoms with Gasteiger partial charge in [-0.2, -0.15) is 0 Å². The first-order chi connectivity index (χ1) is 9.15. The van der Waals surface area contributed by atoms with E-state index >= 15 is 0 Å². The molecule has 0 spiro atoms. The Bertz CT molecular complexity index is 559. The van der Waals surface area contributed by atoms with Crippen LogP contribution in [0.1, 0.15) is 27.2 Å². The molecule has 0 bridgehead atoms. The van der Waals surface area contributed by atoms with Crippen molar-refractivity contribution in [3.63, 3.8) is 0 Å². The number of rotatable bonds is 2. The molecule has 19 heavy (non-hydrogen) atoms. The summed E-state index contributed by atoms with van der Waals surface area (Å²) in [7, 11) is 0. The van der Waals surface area contributed by atoms with Gasteiger partial charge in [0, 0.05) is 5.41 Å². The molecule has 2 aliphatic rings. The summed E-state index contributed by atoms with van der Waals surface area (Å²) in [5, 5.41) is 0. The Morgan fingerprint density at radius 1 is 1.21 bits per heavy atom. The van der Waals surface area contributed by atoms with Gasteiger partial charge in [0.2, 0.25) is 0 Å². The van der Waals surface area contributed by atoms with Crippen molar-refractivity contribution in [2.24, 2.45) is 5.41 Å². The van der Waals surface area contributed by atoms with Gasteiger partial charge < -0.3 is 0 Å². The van der Waals surface area contributed by atoms with Crippen LogP contribution >= 0.6 is 0 Å². The normalized spacial score (nSPS) is 30.5. The van der Waals surface area contributed by atoms with Gasteiger partial charge >= 0.3 is 0 Å². The molecular formula is C19H22. The van der Waals surface area contributed by atoms with E-state index in [0.29, 0.717) is 0 Å². The highest BCUT2D eigenvalue weighted by Gasteiger charge is 2.34. The Morgan fingerprint density at radius 3 is 2.63 bits per heavy atom. The molecular weight excluding hydrogens is 228 g/mol. The second-order valence-corrected chi connectivity index (χ2v) is 5.24. The third-order valence-corrected chi connectivity index (χ3v) is 4.01. The Balaban J connectivity index is 2.68. The van der Waals surface area contributed by atoms with Crippen LogP contribution in [0.3, 0.4) is 0 Å². The van der Waals surface area contributed by atoms with Crippen molar-refractivity contribution >= 4 is 0 Å². The van der Waals surface area contributed by atoms with Gasteiger partial charge in [-0.25, -0.2) is 0 Å². The van der Waals surface area contributed by atoms with Crippen LogP contribution in [0.2, 0.25) is 0 Å². The molecule has 0 N–H and O–H groups in total. The van der Waals surface area contributed by atoms with E-state index in [1.54, 1.807) is 0 Å². The van der Waals surface area contributed by atoms with Crippen LogP contribution in [0.4, 0.5) is 0 Å². The number of hydrogen-bond donors (Lipinski definition) is 0. The van der Waals surface area contributed by atoms with Gasteiger partial charge in [0.25, 0.3) is 0 Å². The molecule has 98 valence electrons. The van der Waals surface area contributed by atoms with Gasteiger partial charge in [0.05, 0.1) is 0 Å². The molecule has 2 aliphatic carbocycles. The lowest BCUT2D eigenvalue weighted by Gasteiger charge is -2.27. The minimum Gasteiger partial charge on any atom is -0.0990 e. The highest BCUT2D eigenvalue weighted by Crippen LogP contribution is 2.47. The molecule has 0 nitrogen and oxygen atoms in total. The molecule has 0 saturated heterocycles. The molecule has 0 aromatic carbocycles. The van der Waals surface area contributed by atoms with Crippen molar-refractivity contribution in [1.29, 1.82) is 0 Å². The number of fused-ring (bicyclic) bond motifs is 1. The summed E-state index contributed by atoms with van der Waals surface area (Å²) in [4.78, 5) is 0. The largest absolute Gasteiger partial charge is 0.0990 e. The molecule has 0 aromatic rings. The zero-order valence-corrected chi connectivity index (χ0v) is 12.1. The first kappa shape index (κ1) is 13.6. The van der Waals surface area contributed by atoms with E-state index in [4.69, 9.17) is 0 Å². The summed E-state index contributed by atoms with van der Waals surface area (Å²) in [6.45, 7) is 10.3. The van der Waals surface area contributed by atoms with E-state index in [1.165, 1.54) is 22.3 Å². The Morgan fingerprint density at radius 2 is 2.00 bits per heavy atom. The minimum absolute atomic E-state index is 0.109. The highest BCUT2D eigenvalue weighted by atomic mass is 14.4. The molecule has 1 unspecified atom stereocenters. The molecule has 0 amide bonds. The van der Waals surface area contributed by atoms with Crippen molar-refractivity contribution in [2.75, 3.05) is 0 Å². The Hall–Kier alpha value is -1.82.